The molecule has 3 aromatic rings. The number of hydrogen-bond donors (Lipinski definition) is 0. The van der Waals surface area contributed by atoms with E-state index >= 15 is 0 Å². The first-order chi connectivity index (χ1) is 14.1. The van der Waals surface area contributed by atoms with Crippen LogP contribution in [0.15, 0.2) is 55.1 Å². The highest BCUT2D eigenvalue weighted by molar-refractivity contribution is 5.99. The third-order valence-electron chi connectivity index (χ3n) is 5.21. The van der Waals surface area contributed by atoms with Crippen LogP contribution in [0.25, 0.3) is 11.4 Å². The molecule has 0 atom stereocenters. The maximum Gasteiger partial charge on any atom is 0.256 e. The van der Waals surface area contributed by atoms with Gasteiger partial charge in [0.25, 0.3) is 5.91 Å². The van der Waals surface area contributed by atoms with Gasteiger partial charge in [0, 0.05) is 31.5 Å². The standard InChI is InChI=1S/C22H20F2N4O/c23-17-11-16(12-18(24)13-17)10-15-4-8-28(9-5-15)22(29)19-2-1-6-26-21(19)20-3-7-25-14-27-20/h1-3,6-7,11-15H,4-5,8-10H2. The lowest BCUT2D eigenvalue weighted by molar-refractivity contribution is 0.0691. The van der Waals surface area contributed by atoms with Gasteiger partial charge >= 0.3 is 0 Å². The number of nitrogens with zero attached hydrogens (tertiary/aromatic N) is 4. The van der Waals surface area contributed by atoms with Crippen LogP contribution >= 0.6 is 0 Å². The van der Waals surface area contributed by atoms with Crippen LogP contribution in [0.5, 0.6) is 0 Å². The molecule has 29 heavy (non-hydrogen) atoms. The summed E-state index contributed by atoms with van der Waals surface area (Å²) in [6, 6.07) is 8.86. The largest absolute Gasteiger partial charge is 0.339 e. The zero-order valence-electron chi connectivity index (χ0n) is 15.8. The van der Waals surface area contributed by atoms with Crippen molar-refractivity contribution in [1.82, 2.24) is 19.9 Å². The second-order valence-electron chi connectivity index (χ2n) is 7.21. The number of aromatic nitrogens is 3. The summed E-state index contributed by atoms with van der Waals surface area (Å²) in [6.07, 6.45) is 6.86. The molecule has 4 rings (SSSR count). The van der Waals surface area contributed by atoms with Gasteiger partial charge in [0.2, 0.25) is 0 Å². The monoisotopic (exact) mass is 394 g/mol. The van der Waals surface area contributed by atoms with Gasteiger partial charge in [-0.1, -0.05) is 0 Å². The zero-order valence-corrected chi connectivity index (χ0v) is 15.8. The second kappa shape index (κ2) is 8.43. The van der Waals surface area contributed by atoms with Crippen LogP contribution in [0.1, 0.15) is 28.8 Å². The Morgan fingerprint density at radius 2 is 1.79 bits per heavy atom. The number of carbonyl (C=O) groups is 1. The zero-order chi connectivity index (χ0) is 20.2. The second-order valence-corrected chi connectivity index (χ2v) is 7.21. The van der Waals surface area contributed by atoms with Crippen LogP contribution in [0, 0.1) is 17.6 Å². The molecule has 2 aromatic heterocycles. The summed E-state index contributed by atoms with van der Waals surface area (Å²) in [5, 5.41) is 0. The van der Waals surface area contributed by atoms with Crippen molar-refractivity contribution >= 4 is 5.91 Å². The van der Waals surface area contributed by atoms with E-state index in [0.717, 1.165) is 18.9 Å². The maximum atomic E-state index is 13.4. The Kier molecular flexibility index (Phi) is 5.55. The lowest BCUT2D eigenvalue weighted by Gasteiger charge is -2.32. The van der Waals surface area contributed by atoms with E-state index in [1.807, 2.05) is 4.90 Å². The maximum absolute atomic E-state index is 13.4. The molecule has 7 heteroatoms. The van der Waals surface area contributed by atoms with E-state index in [9.17, 15) is 13.6 Å². The topological polar surface area (TPSA) is 59.0 Å². The summed E-state index contributed by atoms with van der Waals surface area (Å²) in [5.41, 5.74) is 2.31. The fourth-order valence-corrected chi connectivity index (χ4v) is 3.79. The van der Waals surface area contributed by atoms with Crippen molar-refractivity contribution in [2.75, 3.05) is 13.1 Å². The van der Waals surface area contributed by atoms with Crippen molar-refractivity contribution in [1.29, 1.82) is 0 Å². The van der Waals surface area contributed by atoms with E-state index in [4.69, 9.17) is 0 Å². The summed E-state index contributed by atoms with van der Waals surface area (Å²) < 4.78 is 26.8. The molecule has 0 spiro atoms. The third-order valence-corrected chi connectivity index (χ3v) is 5.21. The molecule has 1 amide bonds. The van der Waals surface area contributed by atoms with Crippen LogP contribution in [-0.2, 0) is 6.42 Å². The van der Waals surface area contributed by atoms with Gasteiger partial charge in [0.1, 0.15) is 23.7 Å². The Bertz CT molecular complexity index is 984. The Balaban J connectivity index is 1.44. The summed E-state index contributed by atoms with van der Waals surface area (Å²) in [7, 11) is 0. The summed E-state index contributed by atoms with van der Waals surface area (Å²) >= 11 is 0. The molecule has 0 unspecified atom stereocenters. The molecule has 148 valence electrons. The van der Waals surface area contributed by atoms with Gasteiger partial charge in [-0.15, -0.1) is 0 Å². The van der Waals surface area contributed by atoms with Crippen LogP contribution in [-0.4, -0.2) is 38.8 Å². The van der Waals surface area contributed by atoms with Gasteiger partial charge in [0.05, 0.1) is 11.3 Å². The highest BCUT2D eigenvalue weighted by atomic mass is 19.1. The third kappa shape index (κ3) is 4.45. The molecular formula is C22H20F2N4O. The summed E-state index contributed by atoms with van der Waals surface area (Å²) in [4.78, 5) is 27.4. The first-order valence-corrected chi connectivity index (χ1v) is 9.56. The van der Waals surface area contributed by atoms with Crippen molar-refractivity contribution < 1.29 is 13.6 Å². The molecule has 0 saturated carbocycles. The Morgan fingerprint density at radius 1 is 1.03 bits per heavy atom. The van der Waals surface area contributed by atoms with Crippen molar-refractivity contribution in [3.63, 3.8) is 0 Å². The number of piperidine rings is 1. The van der Waals surface area contributed by atoms with Crippen LogP contribution in [0.3, 0.4) is 0 Å². The average Bonchev–Trinajstić information content (AvgIpc) is 2.74. The lowest BCUT2D eigenvalue weighted by atomic mass is 9.90. The molecule has 5 nitrogen and oxygen atoms in total. The first-order valence-electron chi connectivity index (χ1n) is 9.56. The van der Waals surface area contributed by atoms with Crippen LogP contribution in [0.2, 0.25) is 0 Å². The predicted octanol–water partition coefficient (Wildman–Crippen LogP) is 3.91. The lowest BCUT2D eigenvalue weighted by Crippen LogP contribution is -2.39. The quantitative estimate of drug-likeness (QED) is 0.673. The number of pyridine rings is 1. The normalized spacial score (nSPS) is 14.8. The van der Waals surface area contributed by atoms with Gasteiger partial charge in [0.15, 0.2) is 0 Å². The smallest absolute Gasteiger partial charge is 0.256 e. The number of likely N-dealkylation sites (tertiary alicyclic amines) is 1. The minimum absolute atomic E-state index is 0.0815. The molecule has 1 aliphatic rings. The highest BCUT2D eigenvalue weighted by Crippen LogP contribution is 2.26. The molecule has 1 aliphatic heterocycles. The van der Waals surface area contributed by atoms with E-state index in [1.165, 1.54) is 18.5 Å². The van der Waals surface area contributed by atoms with E-state index in [1.54, 1.807) is 30.6 Å². The number of hydrogen-bond acceptors (Lipinski definition) is 4. The van der Waals surface area contributed by atoms with Gasteiger partial charge in [-0.05, 0) is 61.1 Å². The molecule has 0 aliphatic carbocycles. The molecule has 0 N–H and O–H groups in total. The minimum Gasteiger partial charge on any atom is -0.339 e. The SMILES string of the molecule is O=C(c1cccnc1-c1ccncn1)N1CCC(Cc2cc(F)cc(F)c2)CC1. The molecular weight excluding hydrogens is 374 g/mol. The molecule has 1 aromatic carbocycles. The molecule has 0 radical (unpaired) electrons. The highest BCUT2D eigenvalue weighted by Gasteiger charge is 2.26. The molecule has 1 fully saturated rings. The Labute approximate surface area is 167 Å². The van der Waals surface area contributed by atoms with E-state index in [2.05, 4.69) is 15.0 Å². The molecule has 3 heterocycles. The van der Waals surface area contributed by atoms with Crippen LogP contribution in [0.4, 0.5) is 8.78 Å². The van der Waals surface area contributed by atoms with Gasteiger partial charge in [-0.25, -0.2) is 18.7 Å². The van der Waals surface area contributed by atoms with Crippen molar-refractivity contribution in [3.05, 3.63) is 77.9 Å². The Hall–Kier alpha value is -3.22. The number of halogens is 2. The number of rotatable bonds is 4. The predicted molar refractivity (Wildman–Crippen MR) is 104 cm³/mol. The van der Waals surface area contributed by atoms with Gasteiger partial charge in [-0.3, -0.25) is 9.78 Å². The number of carbonyl (C=O) groups excluding carboxylic acids is 1. The van der Waals surface area contributed by atoms with E-state index in [-0.39, 0.29) is 11.8 Å². The fraction of sp³-hybridized carbons (Fsp3) is 0.273. The minimum atomic E-state index is -0.554. The van der Waals surface area contributed by atoms with E-state index in [0.29, 0.717) is 42.0 Å². The summed E-state index contributed by atoms with van der Waals surface area (Å²) in [5.74, 6) is -0.902. The Morgan fingerprint density at radius 3 is 2.48 bits per heavy atom. The number of amides is 1. The molecule has 0 bridgehead atoms. The van der Waals surface area contributed by atoms with Gasteiger partial charge in [-0.2, -0.15) is 0 Å². The average molecular weight is 394 g/mol. The van der Waals surface area contributed by atoms with Gasteiger partial charge < -0.3 is 4.90 Å². The van der Waals surface area contributed by atoms with Crippen LogP contribution < -0.4 is 0 Å². The first kappa shape index (κ1) is 19.1. The summed E-state index contributed by atoms with van der Waals surface area (Å²) in [6.45, 7) is 1.19. The fourth-order valence-electron chi connectivity index (χ4n) is 3.79. The van der Waals surface area contributed by atoms with Crippen molar-refractivity contribution in [2.24, 2.45) is 5.92 Å². The van der Waals surface area contributed by atoms with E-state index < -0.39 is 11.6 Å². The van der Waals surface area contributed by atoms with Crippen molar-refractivity contribution in [3.8, 4) is 11.4 Å². The number of benzene rings is 1. The molecule has 1 saturated heterocycles. The van der Waals surface area contributed by atoms with Crippen molar-refractivity contribution in [2.45, 2.75) is 19.3 Å².